The van der Waals surface area contributed by atoms with Crippen LogP contribution < -0.4 is 0 Å². The van der Waals surface area contributed by atoms with Crippen LogP contribution in [0.3, 0.4) is 0 Å². The number of esters is 1. The maximum atomic E-state index is 12.0. The van der Waals surface area contributed by atoms with Crippen LogP contribution in [0, 0.1) is 0 Å². The van der Waals surface area contributed by atoms with Crippen LogP contribution in [0.1, 0.15) is 30.1 Å². The third-order valence-corrected chi connectivity index (χ3v) is 2.64. The molecule has 0 spiro atoms. The molecule has 94 valence electrons. The SMILES string of the molecule is CCOC(=O)CCC(=O)c1coc2ccccc12. The van der Waals surface area contributed by atoms with Gasteiger partial charge in [-0.1, -0.05) is 18.2 Å². The summed E-state index contributed by atoms with van der Waals surface area (Å²) in [6, 6.07) is 7.33. The minimum absolute atomic E-state index is 0.103. The van der Waals surface area contributed by atoms with Crippen molar-refractivity contribution in [3.8, 4) is 0 Å². The van der Waals surface area contributed by atoms with Gasteiger partial charge in [0.15, 0.2) is 5.78 Å². The van der Waals surface area contributed by atoms with Gasteiger partial charge in [0.25, 0.3) is 0 Å². The number of carbonyl (C=O) groups excluding carboxylic acids is 2. The number of para-hydroxylation sites is 1. The molecule has 0 aliphatic heterocycles. The van der Waals surface area contributed by atoms with Crippen molar-refractivity contribution in [2.24, 2.45) is 0 Å². The number of furan rings is 1. The Labute approximate surface area is 105 Å². The molecule has 1 aromatic carbocycles. The topological polar surface area (TPSA) is 56.5 Å². The van der Waals surface area contributed by atoms with E-state index in [0.717, 1.165) is 5.39 Å². The first-order chi connectivity index (χ1) is 8.72. The van der Waals surface area contributed by atoms with Crippen LogP contribution in [-0.2, 0) is 9.53 Å². The van der Waals surface area contributed by atoms with Crippen molar-refractivity contribution < 1.29 is 18.7 Å². The zero-order valence-electron chi connectivity index (χ0n) is 10.1. The molecule has 2 aromatic rings. The molecule has 0 fully saturated rings. The normalized spacial score (nSPS) is 10.5. The Kier molecular flexibility index (Phi) is 3.77. The van der Waals surface area contributed by atoms with Crippen LogP contribution in [0.2, 0.25) is 0 Å². The highest BCUT2D eigenvalue weighted by molar-refractivity contribution is 6.07. The van der Waals surface area contributed by atoms with E-state index in [2.05, 4.69) is 0 Å². The van der Waals surface area contributed by atoms with E-state index in [9.17, 15) is 9.59 Å². The number of Topliss-reactive ketones (excluding diaryl/α,β-unsaturated/α-hetero) is 1. The first-order valence-corrected chi connectivity index (χ1v) is 5.87. The Hall–Kier alpha value is -2.10. The van der Waals surface area contributed by atoms with E-state index in [-0.39, 0.29) is 24.6 Å². The number of carbonyl (C=O) groups is 2. The molecule has 0 bridgehead atoms. The Bertz CT molecular complexity index is 568. The molecule has 0 N–H and O–H groups in total. The van der Waals surface area contributed by atoms with Crippen LogP contribution in [0.4, 0.5) is 0 Å². The molecule has 18 heavy (non-hydrogen) atoms. The second-order valence-electron chi connectivity index (χ2n) is 3.87. The molecule has 4 nitrogen and oxygen atoms in total. The largest absolute Gasteiger partial charge is 0.466 e. The fraction of sp³-hybridized carbons (Fsp3) is 0.286. The van der Waals surface area contributed by atoms with Crippen LogP contribution in [-0.4, -0.2) is 18.4 Å². The molecular formula is C14H14O4. The summed E-state index contributed by atoms with van der Waals surface area (Å²) in [5.41, 5.74) is 1.20. The molecule has 4 heteroatoms. The van der Waals surface area contributed by atoms with Crippen molar-refractivity contribution in [3.63, 3.8) is 0 Å². The lowest BCUT2D eigenvalue weighted by molar-refractivity contribution is -0.143. The third-order valence-electron chi connectivity index (χ3n) is 2.64. The number of hydrogen-bond donors (Lipinski definition) is 0. The van der Waals surface area contributed by atoms with Gasteiger partial charge < -0.3 is 9.15 Å². The van der Waals surface area contributed by atoms with Crippen LogP contribution >= 0.6 is 0 Å². The predicted molar refractivity (Wildman–Crippen MR) is 66.4 cm³/mol. The Balaban J connectivity index is 2.07. The van der Waals surface area contributed by atoms with E-state index in [0.29, 0.717) is 17.8 Å². The summed E-state index contributed by atoms with van der Waals surface area (Å²) in [6.07, 6.45) is 1.69. The van der Waals surface area contributed by atoms with Gasteiger partial charge in [0, 0.05) is 11.8 Å². The molecule has 2 rings (SSSR count). The Morgan fingerprint density at radius 2 is 2.00 bits per heavy atom. The molecule has 0 amide bonds. The smallest absolute Gasteiger partial charge is 0.306 e. The summed E-state index contributed by atoms with van der Waals surface area (Å²) in [7, 11) is 0. The molecule has 1 heterocycles. The molecule has 0 aliphatic rings. The molecule has 0 unspecified atom stereocenters. The van der Waals surface area contributed by atoms with Crippen molar-refractivity contribution in [3.05, 3.63) is 36.1 Å². The summed E-state index contributed by atoms with van der Waals surface area (Å²) >= 11 is 0. The van der Waals surface area contributed by atoms with Crippen LogP contribution in [0.5, 0.6) is 0 Å². The van der Waals surface area contributed by atoms with E-state index in [1.807, 2.05) is 18.2 Å². The van der Waals surface area contributed by atoms with E-state index >= 15 is 0 Å². The lowest BCUT2D eigenvalue weighted by Crippen LogP contribution is -2.07. The lowest BCUT2D eigenvalue weighted by atomic mass is 10.1. The van der Waals surface area contributed by atoms with Crippen molar-refractivity contribution in [1.82, 2.24) is 0 Å². The highest BCUT2D eigenvalue weighted by Crippen LogP contribution is 2.22. The van der Waals surface area contributed by atoms with Crippen molar-refractivity contribution in [2.75, 3.05) is 6.61 Å². The lowest BCUT2D eigenvalue weighted by Gasteiger charge is -2.00. The Morgan fingerprint density at radius 3 is 2.78 bits per heavy atom. The fourth-order valence-corrected chi connectivity index (χ4v) is 1.78. The molecule has 0 saturated heterocycles. The van der Waals surface area contributed by atoms with Gasteiger partial charge in [-0.05, 0) is 13.0 Å². The zero-order valence-corrected chi connectivity index (χ0v) is 10.1. The number of benzene rings is 1. The second-order valence-corrected chi connectivity index (χ2v) is 3.87. The van der Waals surface area contributed by atoms with Gasteiger partial charge in [0.2, 0.25) is 0 Å². The van der Waals surface area contributed by atoms with Crippen molar-refractivity contribution in [2.45, 2.75) is 19.8 Å². The number of fused-ring (bicyclic) bond motifs is 1. The summed E-state index contributed by atoms with van der Waals surface area (Å²) in [5.74, 6) is -0.452. The minimum atomic E-state index is -0.348. The zero-order chi connectivity index (χ0) is 13.0. The molecule has 0 aliphatic carbocycles. The van der Waals surface area contributed by atoms with Crippen molar-refractivity contribution >= 4 is 22.7 Å². The average Bonchev–Trinajstić information content (AvgIpc) is 2.80. The monoisotopic (exact) mass is 246 g/mol. The molecular weight excluding hydrogens is 232 g/mol. The van der Waals surface area contributed by atoms with E-state index < -0.39 is 0 Å². The average molecular weight is 246 g/mol. The third kappa shape index (κ3) is 2.59. The van der Waals surface area contributed by atoms with Gasteiger partial charge in [-0.15, -0.1) is 0 Å². The fourth-order valence-electron chi connectivity index (χ4n) is 1.78. The summed E-state index contributed by atoms with van der Waals surface area (Å²) in [5, 5.41) is 0.784. The number of ether oxygens (including phenoxy) is 1. The quantitative estimate of drug-likeness (QED) is 0.601. The molecule has 0 atom stereocenters. The minimum Gasteiger partial charge on any atom is -0.466 e. The Morgan fingerprint density at radius 1 is 1.22 bits per heavy atom. The highest BCUT2D eigenvalue weighted by Gasteiger charge is 2.14. The number of rotatable bonds is 5. The number of ketones is 1. The van der Waals surface area contributed by atoms with E-state index in [4.69, 9.17) is 9.15 Å². The first kappa shape index (κ1) is 12.4. The second kappa shape index (κ2) is 5.49. The number of hydrogen-bond acceptors (Lipinski definition) is 4. The summed E-state index contributed by atoms with van der Waals surface area (Å²) in [6.45, 7) is 2.07. The summed E-state index contributed by atoms with van der Waals surface area (Å²) in [4.78, 5) is 23.1. The van der Waals surface area contributed by atoms with Crippen LogP contribution in [0.15, 0.2) is 34.9 Å². The van der Waals surface area contributed by atoms with Crippen molar-refractivity contribution in [1.29, 1.82) is 0 Å². The van der Waals surface area contributed by atoms with E-state index in [1.165, 1.54) is 6.26 Å². The van der Waals surface area contributed by atoms with Gasteiger partial charge in [-0.3, -0.25) is 9.59 Å². The molecule has 1 aromatic heterocycles. The summed E-state index contributed by atoms with van der Waals surface area (Å²) < 4.78 is 10.1. The predicted octanol–water partition coefficient (Wildman–Crippen LogP) is 2.96. The van der Waals surface area contributed by atoms with Gasteiger partial charge >= 0.3 is 5.97 Å². The standard InChI is InChI=1S/C14H14O4/c1-2-17-14(16)8-7-12(15)11-9-18-13-6-4-3-5-10(11)13/h3-6,9H,2,7-8H2,1H3. The molecule has 0 radical (unpaired) electrons. The van der Waals surface area contributed by atoms with Gasteiger partial charge in [0.05, 0.1) is 18.6 Å². The van der Waals surface area contributed by atoms with E-state index in [1.54, 1.807) is 13.0 Å². The van der Waals surface area contributed by atoms with Gasteiger partial charge in [-0.25, -0.2) is 0 Å². The van der Waals surface area contributed by atoms with Gasteiger partial charge in [0.1, 0.15) is 11.8 Å². The first-order valence-electron chi connectivity index (χ1n) is 5.87. The van der Waals surface area contributed by atoms with Crippen LogP contribution in [0.25, 0.3) is 11.0 Å². The van der Waals surface area contributed by atoms with Gasteiger partial charge in [-0.2, -0.15) is 0 Å². The molecule has 0 saturated carbocycles. The highest BCUT2D eigenvalue weighted by atomic mass is 16.5. The maximum absolute atomic E-state index is 12.0. The maximum Gasteiger partial charge on any atom is 0.306 e.